The Kier molecular flexibility index (Phi) is 6.08. The summed E-state index contributed by atoms with van der Waals surface area (Å²) in [5, 5.41) is 2.82. The van der Waals surface area contributed by atoms with Gasteiger partial charge >= 0.3 is 0 Å². The van der Waals surface area contributed by atoms with Gasteiger partial charge < -0.3 is 19.7 Å². The van der Waals surface area contributed by atoms with Crippen LogP contribution >= 0.6 is 0 Å². The van der Waals surface area contributed by atoms with Gasteiger partial charge in [-0.15, -0.1) is 0 Å². The number of ether oxygens (including phenoxy) is 2. The quantitative estimate of drug-likeness (QED) is 0.798. The second-order valence-electron chi connectivity index (χ2n) is 6.33. The first-order valence-electron chi connectivity index (χ1n) is 8.93. The fourth-order valence-electron chi connectivity index (χ4n) is 2.95. The number of carbonyl (C=O) groups is 1. The average molecular weight is 372 g/mol. The average Bonchev–Trinajstić information content (AvgIpc) is 2.68. The van der Waals surface area contributed by atoms with E-state index < -0.39 is 0 Å². The smallest absolute Gasteiger partial charge is 0.255 e. The third-order valence-corrected chi connectivity index (χ3v) is 4.50. The van der Waals surface area contributed by atoms with Gasteiger partial charge in [-0.1, -0.05) is 0 Å². The van der Waals surface area contributed by atoms with Gasteiger partial charge in [-0.25, -0.2) is 4.98 Å². The van der Waals surface area contributed by atoms with Crippen molar-refractivity contribution in [1.82, 2.24) is 9.97 Å². The van der Waals surface area contributed by atoms with Gasteiger partial charge in [0.25, 0.3) is 5.56 Å². The molecule has 8 nitrogen and oxygen atoms in total. The summed E-state index contributed by atoms with van der Waals surface area (Å²) in [5.41, 5.74) is 1.68. The van der Waals surface area contributed by atoms with E-state index in [2.05, 4.69) is 15.3 Å². The Labute approximate surface area is 157 Å². The molecular formula is C19H24N4O4. The van der Waals surface area contributed by atoms with Gasteiger partial charge in [-0.2, -0.15) is 0 Å². The minimum Gasteiger partial charge on any atom is -0.497 e. The minimum atomic E-state index is -0.193. The van der Waals surface area contributed by atoms with Gasteiger partial charge in [-0.3, -0.25) is 14.6 Å². The molecule has 144 valence electrons. The van der Waals surface area contributed by atoms with E-state index in [1.807, 2.05) is 4.90 Å². The molecule has 0 bridgehead atoms. The Bertz CT molecular complexity index is 842. The van der Waals surface area contributed by atoms with Crippen molar-refractivity contribution < 1.29 is 14.3 Å². The van der Waals surface area contributed by atoms with Crippen LogP contribution in [0.1, 0.15) is 17.7 Å². The zero-order valence-electron chi connectivity index (χ0n) is 15.6. The predicted octanol–water partition coefficient (Wildman–Crippen LogP) is 1.49. The number of aromatic nitrogens is 2. The number of carbonyl (C=O) groups excluding carboxylic acids is 1. The van der Waals surface area contributed by atoms with Crippen molar-refractivity contribution in [1.29, 1.82) is 0 Å². The number of anilines is 2. The molecule has 1 saturated heterocycles. The summed E-state index contributed by atoms with van der Waals surface area (Å²) >= 11 is 0. The normalized spacial score (nSPS) is 14.1. The fourth-order valence-corrected chi connectivity index (χ4v) is 2.95. The third-order valence-electron chi connectivity index (χ3n) is 4.50. The number of nitrogens with one attached hydrogen (secondary N) is 2. The molecule has 1 aromatic carbocycles. The summed E-state index contributed by atoms with van der Waals surface area (Å²) in [5.74, 6) is 1.13. The highest BCUT2D eigenvalue weighted by molar-refractivity contribution is 5.90. The lowest BCUT2D eigenvalue weighted by molar-refractivity contribution is -0.116. The van der Waals surface area contributed by atoms with Crippen LogP contribution < -0.4 is 20.5 Å². The van der Waals surface area contributed by atoms with Crippen molar-refractivity contribution in [2.45, 2.75) is 19.8 Å². The van der Waals surface area contributed by atoms with E-state index in [1.165, 1.54) is 0 Å². The van der Waals surface area contributed by atoms with Crippen molar-refractivity contribution in [3.8, 4) is 5.75 Å². The molecule has 0 saturated carbocycles. The molecular weight excluding hydrogens is 348 g/mol. The number of aromatic amines is 1. The molecule has 1 amide bonds. The maximum atomic E-state index is 12.4. The molecule has 0 atom stereocenters. The van der Waals surface area contributed by atoms with E-state index in [4.69, 9.17) is 9.47 Å². The summed E-state index contributed by atoms with van der Waals surface area (Å²) in [7, 11) is 1.59. The summed E-state index contributed by atoms with van der Waals surface area (Å²) < 4.78 is 10.4. The monoisotopic (exact) mass is 372 g/mol. The highest BCUT2D eigenvalue weighted by Crippen LogP contribution is 2.16. The maximum Gasteiger partial charge on any atom is 0.255 e. The zero-order chi connectivity index (χ0) is 19.2. The van der Waals surface area contributed by atoms with Crippen molar-refractivity contribution >= 4 is 17.5 Å². The highest BCUT2D eigenvalue weighted by Gasteiger charge is 2.16. The number of nitrogens with zero attached hydrogens (tertiary/aromatic N) is 2. The third kappa shape index (κ3) is 4.85. The largest absolute Gasteiger partial charge is 0.497 e. The molecule has 27 heavy (non-hydrogen) atoms. The molecule has 1 fully saturated rings. The molecule has 0 unspecified atom stereocenters. The van der Waals surface area contributed by atoms with Crippen LogP contribution in [-0.2, 0) is 16.0 Å². The molecule has 0 radical (unpaired) electrons. The van der Waals surface area contributed by atoms with Gasteiger partial charge in [0.15, 0.2) is 0 Å². The minimum absolute atomic E-state index is 0.156. The summed E-state index contributed by atoms with van der Waals surface area (Å²) in [6.07, 6.45) is 0.536. The van der Waals surface area contributed by atoms with Crippen LogP contribution in [0.15, 0.2) is 29.1 Å². The van der Waals surface area contributed by atoms with E-state index in [1.54, 1.807) is 38.3 Å². The summed E-state index contributed by atoms with van der Waals surface area (Å²) in [6, 6.07) is 7.10. The Morgan fingerprint density at radius 2 is 2.00 bits per heavy atom. The van der Waals surface area contributed by atoms with Gasteiger partial charge in [0.1, 0.15) is 5.75 Å². The molecule has 2 N–H and O–H groups in total. The Hall–Kier alpha value is -2.87. The number of amides is 1. The van der Waals surface area contributed by atoms with Gasteiger partial charge in [0.05, 0.1) is 20.3 Å². The number of hydrogen-bond donors (Lipinski definition) is 2. The Balaban J connectivity index is 1.61. The second kappa shape index (κ2) is 8.68. The molecule has 8 heteroatoms. The Morgan fingerprint density at radius 1 is 1.30 bits per heavy atom. The van der Waals surface area contributed by atoms with Crippen LogP contribution in [0.4, 0.5) is 11.6 Å². The molecule has 1 aliphatic rings. The predicted molar refractivity (Wildman–Crippen MR) is 103 cm³/mol. The van der Waals surface area contributed by atoms with E-state index in [0.717, 1.165) is 5.75 Å². The standard InChI is InChI=1S/C19H24N4O4/c1-13-16(18(25)22-19(20-13)23-9-11-27-12-10-23)7-8-17(24)21-14-3-5-15(26-2)6-4-14/h3-6H,7-12H2,1-2H3,(H,21,24)(H,20,22,25). The van der Waals surface area contributed by atoms with E-state index in [9.17, 15) is 9.59 Å². The topological polar surface area (TPSA) is 96.5 Å². The first-order chi connectivity index (χ1) is 13.1. The Morgan fingerprint density at radius 3 is 2.63 bits per heavy atom. The molecule has 2 aromatic rings. The molecule has 2 heterocycles. The van der Waals surface area contributed by atoms with Crippen molar-refractivity contribution in [2.24, 2.45) is 0 Å². The molecule has 1 aromatic heterocycles. The fraction of sp³-hybridized carbons (Fsp3) is 0.421. The maximum absolute atomic E-state index is 12.4. The van der Waals surface area contributed by atoms with Crippen molar-refractivity contribution in [3.05, 3.63) is 45.9 Å². The number of H-pyrrole nitrogens is 1. The lowest BCUT2D eigenvalue weighted by Crippen LogP contribution is -2.38. The number of morpholine rings is 1. The number of aryl methyl sites for hydroxylation is 1. The second-order valence-corrected chi connectivity index (χ2v) is 6.33. The van der Waals surface area contributed by atoms with Crippen LogP contribution in [0, 0.1) is 6.92 Å². The van der Waals surface area contributed by atoms with Crippen LogP contribution in [0.5, 0.6) is 5.75 Å². The van der Waals surface area contributed by atoms with Crippen LogP contribution in [0.3, 0.4) is 0 Å². The zero-order valence-corrected chi connectivity index (χ0v) is 15.6. The molecule has 3 rings (SSSR count). The SMILES string of the molecule is COc1ccc(NC(=O)CCc2c(C)nc(N3CCOCC3)[nH]c2=O)cc1. The number of hydrogen-bond acceptors (Lipinski definition) is 6. The lowest BCUT2D eigenvalue weighted by atomic mass is 10.1. The van der Waals surface area contributed by atoms with Crippen molar-refractivity contribution in [2.75, 3.05) is 43.6 Å². The number of methoxy groups -OCH3 is 1. The van der Waals surface area contributed by atoms with E-state index in [-0.39, 0.29) is 17.9 Å². The van der Waals surface area contributed by atoms with Gasteiger partial charge in [-0.05, 0) is 37.6 Å². The summed E-state index contributed by atoms with van der Waals surface area (Å²) in [4.78, 5) is 34.0. The van der Waals surface area contributed by atoms with E-state index >= 15 is 0 Å². The lowest BCUT2D eigenvalue weighted by Gasteiger charge is -2.27. The number of benzene rings is 1. The van der Waals surface area contributed by atoms with E-state index in [0.29, 0.717) is 55.6 Å². The first-order valence-corrected chi connectivity index (χ1v) is 8.93. The van der Waals surface area contributed by atoms with Crippen LogP contribution in [-0.4, -0.2) is 49.3 Å². The van der Waals surface area contributed by atoms with Crippen LogP contribution in [0.2, 0.25) is 0 Å². The number of rotatable bonds is 6. The van der Waals surface area contributed by atoms with Gasteiger partial charge in [0.2, 0.25) is 11.9 Å². The van der Waals surface area contributed by atoms with Crippen LogP contribution in [0.25, 0.3) is 0 Å². The molecule has 1 aliphatic heterocycles. The molecule has 0 aliphatic carbocycles. The van der Waals surface area contributed by atoms with Crippen molar-refractivity contribution in [3.63, 3.8) is 0 Å². The van der Waals surface area contributed by atoms with Gasteiger partial charge in [0, 0.05) is 36.5 Å². The molecule has 0 spiro atoms. The highest BCUT2D eigenvalue weighted by atomic mass is 16.5. The summed E-state index contributed by atoms with van der Waals surface area (Å²) in [6.45, 7) is 4.44. The first kappa shape index (κ1) is 18.9.